The molecule has 0 aliphatic carbocycles. The Labute approximate surface area is 355 Å². The molecule has 290 valence electrons. The molecule has 61 heavy (non-hydrogen) atoms. The summed E-state index contributed by atoms with van der Waals surface area (Å²) in [6.07, 6.45) is 0. The third-order valence-electron chi connectivity index (χ3n) is 12.8. The lowest BCUT2D eigenvalue weighted by atomic mass is 9.86. The second-order valence-electron chi connectivity index (χ2n) is 17.4. The number of aromatic nitrogens is 3. The van der Waals surface area contributed by atoms with Gasteiger partial charge >= 0.3 is 0 Å². The average molecular weight is 782 g/mol. The van der Waals surface area contributed by atoms with E-state index in [1.54, 1.807) is 0 Å². The minimum Gasteiger partial charge on any atom is -0.309 e. The van der Waals surface area contributed by atoms with Crippen molar-refractivity contribution in [2.24, 2.45) is 0 Å². The van der Waals surface area contributed by atoms with Gasteiger partial charge in [-0.15, -0.1) is 0 Å². The van der Waals surface area contributed by atoms with Gasteiger partial charge in [-0.25, -0.2) is 0 Å². The first-order valence-electron chi connectivity index (χ1n) is 21.3. The highest BCUT2D eigenvalue weighted by Gasteiger charge is 2.21. The van der Waals surface area contributed by atoms with Crippen LogP contribution in [0.15, 0.2) is 206 Å². The molecule has 0 saturated carbocycles. The molecule has 12 aromatic rings. The molecule has 3 nitrogen and oxygen atoms in total. The second kappa shape index (κ2) is 13.5. The number of hydrogen-bond donors (Lipinski definition) is 0. The van der Waals surface area contributed by atoms with E-state index < -0.39 is 0 Å². The molecule has 0 saturated heterocycles. The van der Waals surface area contributed by atoms with Gasteiger partial charge in [0.2, 0.25) is 0 Å². The van der Waals surface area contributed by atoms with Crippen molar-refractivity contribution in [1.29, 1.82) is 0 Å². The van der Waals surface area contributed by atoms with Gasteiger partial charge in [-0.05, 0) is 94.4 Å². The Morgan fingerprint density at radius 1 is 0.295 bits per heavy atom. The average Bonchev–Trinajstić information content (AvgIpc) is 3.93. The van der Waals surface area contributed by atoms with Gasteiger partial charge in [-0.1, -0.05) is 160 Å². The van der Waals surface area contributed by atoms with E-state index in [9.17, 15) is 0 Å². The van der Waals surface area contributed by atoms with Gasteiger partial charge in [-0.2, -0.15) is 0 Å². The topological polar surface area (TPSA) is 14.8 Å². The number of rotatable bonds is 5. The third kappa shape index (κ3) is 5.51. The molecule has 0 radical (unpaired) electrons. The maximum atomic E-state index is 2.47. The summed E-state index contributed by atoms with van der Waals surface area (Å²) < 4.78 is 7.35. The first kappa shape index (κ1) is 35.3. The van der Waals surface area contributed by atoms with Crippen LogP contribution in [-0.2, 0) is 5.41 Å². The van der Waals surface area contributed by atoms with E-state index in [0.717, 1.165) is 11.4 Å². The summed E-state index contributed by atoms with van der Waals surface area (Å²) in [6.45, 7) is 6.79. The van der Waals surface area contributed by atoms with Crippen molar-refractivity contribution in [3.05, 3.63) is 212 Å². The summed E-state index contributed by atoms with van der Waals surface area (Å²) in [4.78, 5) is 0. The molecule has 0 aliphatic rings. The van der Waals surface area contributed by atoms with E-state index in [-0.39, 0.29) is 5.41 Å². The molecule has 0 N–H and O–H groups in total. The molecule has 3 aromatic heterocycles. The Kier molecular flexibility index (Phi) is 7.79. The zero-order valence-corrected chi connectivity index (χ0v) is 34.5. The Morgan fingerprint density at radius 2 is 0.738 bits per heavy atom. The van der Waals surface area contributed by atoms with Crippen molar-refractivity contribution < 1.29 is 0 Å². The summed E-state index contributed by atoms with van der Waals surface area (Å²) >= 11 is 0. The molecule has 0 unspecified atom stereocenters. The lowest BCUT2D eigenvalue weighted by Crippen LogP contribution is -2.10. The lowest BCUT2D eigenvalue weighted by molar-refractivity contribution is 0.590. The van der Waals surface area contributed by atoms with Crippen LogP contribution in [0.5, 0.6) is 0 Å². The van der Waals surface area contributed by atoms with Gasteiger partial charge in [0.25, 0.3) is 0 Å². The maximum Gasteiger partial charge on any atom is 0.0549 e. The predicted molar refractivity (Wildman–Crippen MR) is 259 cm³/mol. The van der Waals surface area contributed by atoms with E-state index in [1.165, 1.54) is 98.9 Å². The number of nitrogens with zero attached hydrogens (tertiary/aromatic N) is 3. The maximum absolute atomic E-state index is 2.47. The number of benzene rings is 9. The standard InChI is InChI=1S/C58H43N3/c1-58(2,3)41-29-25-38(26-30-41)39-27-31-42(32-28-39)59-52-22-12-8-18-45(52)48-35-43(33-34-55(48)59)60-53-23-13-9-19-46(53)49-37-57-50(36-56(49)60)47-20-10-14-24-54(47)61(57)51-21-11-7-17-44(51)40-15-5-4-6-16-40/h4-37H,1-3H3. The van der Waals surface area contributed by atoms with Crippen LogP contribution in [0.25, 0.3) is 105 Å². The van der Waals surface area contributed by atoms with Crippen molar-refractivity contribution in [3.8, 4) is 39.3 Å². The Hall–Kier alpha value is -7.62. The Bertz CT molecular complexity index is 3650. The summed E-state index contributed by atoms with van der Waals surface area (Å²) in [6, 6.07) is 76.0. The lowest BCUT2D eigenvalue weighted by Gasteiger charge is -2.19. The van der Waals surface area contributed by atoms with E-state index in [2.05, 4.69) is 241 Å². The summed E-state index contributed by atoms with van der Waals surface area (Å²) in [5, 5.41) is 7.43. The molecule has 0 amide bonds. The number of hydrogen-bond acceptors (Lipinski definition) is 0. The van der Waals surface area contributed by atoms with E-state index in [1.807, 2.05) is 0 Å². The molecule has 12 rings (SSSR count). The Morgan fingerprint density at radius 3 is 1.34 bits per heavy atom. The van der Waals surface area contributed by atoms with Crippen LogP contribution >= 0.6 is 0 Å². The summed E-state index contributed by atoms with van der Waals surface area (Å²) in [5.41, 5.74) is 17.0. The van der Waals surface area contributed by atoms with Crippen LogP contribution in [0, 0.1) is 0 Å². The first-order chi connectivity index (χ1) is 29.9. The van der Waals surface area contributed by atoms with Crippen LogP contribution in [-0.4, -0.2) is 13.7 Å². The summed E-state index contributed by atoms with van der Waals surface area (Å²) in [5.74, 6) is 0. The predicted octanol–water partition coefficient (Wildman–Crippen LogP) is 15.6. The molecular formula is C58H43N3. The van der Waals surface area contributed by atoms with E-state index in [4.69, 9.17) is 0 Å². The molecule has 3 heterocycles. The van der Waals surface area contributed by atoms with Gasteiger partial charge in [0.15, 0.2) is 0 Å². The third-order valence-corrected chi connectivity index (χ3v) is 12.8. The normalized spacial score (nSPS) is 12.2. The van der Waals surface area contributed by atoms with Crippen molar-refractivity contribution in [2.45, 2.75) is 26.2 Å². The zero-order chi connectivity index (χ0) is 40.8. The molecule has 3 heteroatoms. The van der Waals surface area contributed by atoms with Crippen LogP contribution < -0.4 is 0 Å². The quantitative estimate of drug-likeness (QED) is 0.165. The summed E-state index contributed by atoms with van der Waals surface area (Å²) in [7, 11) is 0. The smallest absolute Gasteiger partial charge is 0.0549 e. The van der Waals surface area contributed by atoms with Gasteiger partial charge in [-0.3, -0.25) is 0 Å². The molecule has 0 fully saturated rings. The highest BCUT2D eigenvalue weighted by Crippen LogP contribution is 2.42. The van der Waals surface area contributed by atoms with Gasteiger partial charge in [0, 0.05) is 49.3 Å². The molecule has 9 aromatic carbocycles. The van der Waals surface area contributed by atoms with Crippen molar-refractivity contribution in [3.63, 3.8) is 0 Å². The molecule has 0 spiro atoms. The molecular weight excluding hydrogens is 739 g/mol. The van der Waals surface area contributed by atoms with Crippen molar-refractivity contribution in [1.82, 2.24) is 13.7 Å². The van der Waals surface area contributed by atoms with Gasteiger partial charge in [0.05, 0.1) is 38.8 Å². The van der Waals surface area contributed by atoms with E-state index in [0.29, 0.717) is 0 Å². The molecule has 0 atom stereocenters. The first-order valence-corrected chi connectivity index (χ1v) is 21.3. The minimum atomic E-state index is 0.130. The van der Waals surface area contributed by atoms with Gasteiger partial charge < -0.3 is 13.7 Å². The number of para-hydroxylation sites is 4. The number of fused-ring (bicyclic) bond motifs is 9. The van der Waals surface area contributed by atoms with Crippen molar-refractivity contribution in [2.75, 3.05) is 0 Å². The minimum absolute atomic E-state index is 0.130. The largest absolute Gasteiger partial charge is 0.309 e. The highest BCUT2D eigenvalue weighted by molar-refractivity contribution is 6.19. The Balaban J connectivity index is 1.04. The van der Waals surface area contributed by atoms with Crippen molar-refractivity contribution >= 4 is 65.4 Å². The van der Waals surface area contributed by atoms with Gasteiger partial charge in [0.1, 0.15) is 0 Å². The molecule has 0 bridgehead atoms. The van der Waals surface area contributed by atoms with Crippen LogP contribution in [0.1, 0.15) is 26.3 Å². The zero-order valence-electron chi connectivity index (χ0n) is 34.5. The second-order valence-corrected chi connectivity index (χ2v) is 17.4. The fourth-order valence-electron chi connectivity index (χ4n) is 9.84. The van der Waals surface area contributed by atoms with Crippen LogP contribution in [0.3, 0.4) is 0 Å². The van der Waals surface area contributed by atoms with Crippen LogP contribution in [0.2, 0.25) is 0 Å². The van der Waals surface area contributed by atoms with Crippen LogP contribution in [0.4, 0.5) is 0 Å². The molecule has 0 aliphatic heterocycles. The fraction of sp³-hybridized carbons (Fsp3) is 0.0690. The SMILES string of the molecule is CC(C)(C)c1ccc(-c2ccc(-n3c4ccccc4c4cc(-n5c6ccccc6c6cc7c(cc65)c5ccccc5n7-c5ccccc5-c5ccccc5)ccc43)cc2)cc1. The fourth-order valence-corrected chi connectivity index (χ4v) is 9.84. The van der Waals surface area contributed by atoms with E-state index >= 15 is 0 Å². The highest BCUT2D eigenvalue weighted by atomic mass is 15.0. The monoisotopic (exact) mass is 781 g/mol.